The third kappa shape index (κ3) is 3.99. The Hall–Kier alpha value is -1.69. The SMILES string of the molecule is Cc1ccc(Cl)cc1NC(=O)CSc1nc2cc(Cl)ccc2o1. The third-order valence-electron chi connectivity index (χ3n) is 3.13. The maximum atomic E-state index is 12.1. The highest BCUT2D eigenvalue weighted by Gasteiger charge is 2.11. The normalized spacial score (nSPS) is 10.9. The second kappa shape index (κ2) is 6.83. The van der Waals surface area contributed by atoms with Gasteiger partial charge in [0.05, 0.1) is 5.75 Å². The van der Waals surface area contributed by atoms with E-state index in [1.165, 1.54) is 11.8 Å². The number of benzene rings is 2. The van der Waals surface area contributed by atoms with E-state index in [1.807, 2.05) is 13.0 Å². The first-order valence-electron chi connectivity index (χ1n) is 6.76. The lowest BCUT2D eigenvalue weighted by Crippen LogP contribution is -2.14. The van der Waals surface area contributed by atoms with E-state index < -0.39 is 0 Å². The molecular formula is C16H12Cl2N2O2S. The number of anilines is 1. The zero-order chi connectivity index (χ0) is 16.4. The number of fused-ring (bicyclic) bond motifs is 1. The van der Waals surface area contributed by atoms with Crippen molar-refractivity contribution in [3.05, 3.63) is 52.0 Å². The maximum absolute atomic E-state index is 12.1. The van der Waals surface area contributed by atoms with Crippen molar-refractivity contribution in [3.8, 4) is 0 Å². The van der Waals surface area contributed by atoms with E-state index in [4.69, 9.17) is 27.6 Å². The summed E-state index contributed by atoms with van der Waals surface area (Å²) in [7, 11) is 0. The van der Waals surface area contributed by atoms with Gasteiger partial charge in [0.15, 0.2) is 5.58 Å². The lowest BCUT2D eigenvalue weighted by atomic mass is 10.2. The number of halogens is 2. The molecule has 2 aromatic carbocycles. The number of thioether (sulfide) groups is 1. The lowest BCUT2D eigenvalue weighted by Gasteiger charge is -2.07. The van der Waals surface area contributed by atoms with E-state index in [1.54, 1.807) is 30.3 Å². The Kier molecular flexibility index (Phi) is 4.80. The number of nitrogens with zero attached hydrogens (tertiary/aromatic N) is 1. The average molecular weight is 367 g/mol. The summed E-state index contributed by atoms with van der Waals surface area (Å²) in [6, 6.07) is 10.6. The van der Waals surface area contributed by atoms with Crippen molar-refractivity contribution >= 4 is 57.7 Å². The number of aryl methyl sites for hydroxylation is 1. The van der Waals surface area contributed by atoms with Gasteiger partial charge < -0.3 is 9.73 Å². The summed E-state index contributed by atoms with van der Waals surface area (Å²) >= 11 is 13.1. The zero-order valence-corrected chi connectivity index (χ0v) is 14.4. The van der Waals surface area contributed by atoms with Crippen LogP contribution in [0.5, 0.6) is 0 Å². The summed E-state index contributed by atoms with van der Waals surface area (Å²) < 4.78 is 5.56. The molecule has 1 aromatic heterocycles. The molecule has 1 N–H and O–H groups in total. The molecule has 0 aliphatic carbocycles. The summed E-state index contributed by atoms with van der Waals surface area (Å²) in [6.07, 6.45) is 0. The fraction of sp³-hybridized carbons (Fsp3) is 0.125. The van der Waals surface area contributed by atoms with Crippen LogP contribution in [0.2, 0.25) is 10.0 Å². The van der Waals surface area contributed by atoms with Crippen molar-refractivity contribution in [2.24, 2.45) is 0 Å². The monoisotopic (exact) mass is 366 g/mol. The summed E-state index contributed by atoms with van der Waals surface area (Å²) in [5, 5.41) is 4.43. The van der Waals surface area contributed by atoms with Gasteiger partial charge in [-0.1, -0.05) is 41.0 Å². The van der Waals surface area contributed by atoms with Gasteiger partial charge in [0.1, 0.15) is 5.52 Å². The summed E-state index contributed by atoms with van der Waals surface area (Å²) in [5.74, 6) is 0.0348. The molecule has 23 heavy (non-hydrogen) atoms. The molecule has 0 spiro atoms. The molecule has 0 bridgehead atoms. The molecule has 0 aliphatic rings. The number of carbonyl (C=O) groups is 1. The first-order valence-corrected chi connectivity index (χ1v) is 8.50. The van der Waals surface area contributed by atoms with Crippen molar-refractivity contribution in [3.63, 3.8) is 0 Å². The summed E-state index contributed by atoms with van der Waals surface area (Å²) in [5.41, 5.74) is 2.96. The van der Waals surface area contributed by atoms with Gasteiger partial charge >= 0.3 is 0 Å². The smallest absolute Gasteiger partial charge is 0.257 e. The molecule has 1 amide bonds. The Morgan fingerprint density at radius 1 is 1.22 bits per heavy atom. The first kappa shape index (κ1) is 16.2. The number of carbonyl (C=O) groups excluding carboxylic acids is 1. The average Bonchev–Trinajstić information content (AvgIpc) is 2.91. The van der Waals surface area contributed by atoms with E-state index in [0.29, 0.717) is 32.1 Å². The van der Waals surface area contributed by atoms with Gasteiger partial charge in [0.25, 0.3) is 5.22 Å². The molecule has 0 saturated carbocycles. The predicted octanol–water partition coefficient (Wildman–Crippen LogP) is 5.17. The van der Waals surface area contributed by atoms with Gasteiger partial charge in [-0.25, -0.2) is 4.98 Å². The van der Waals surface area contributed by atoms with Crippen LogP contribution in [0.1, 0.15) is 5.56 Å². The third-order valence-corrected chi connectivity index (χ3v) is 4.43. The quantitative estimate of drug-likeness (QED) is 0.646. The molecule has 0 saturated heterocycles. The van der Waals surface area contributed by atoms with Gasteiger partial charge in [0, 0.05) is 15.7 Å². The number of rotatable bonds is 4. The van der Waals surface area contributed by atoms with Crippen molar-refractivity contribution in [1.82, 2.24) is 4.98 Å². The predicted molar refractivity (Wildman–Crippen MR) is 94.6 cm³/mol. The topological polar surface area (TPSA) is 55.1 Å². The molecule has 0 atom stereocenters. The Balaban J connectivity index is 1.64. The minimum absolute atomic E-state index is 0.152. The van der Waals surface area contributed by atoms with Crippen LogP contribution in [-0.2, 0) is 4.79 Å². The standard InChI is InChI=1S/C16H12Cl2N2O2S/c1-9-2-3-10(17)6-12(9)19-15(21)8-23-16-20-13-7-11(18)4-5-14(13)22-16/h2-7H,8H2,1H3,(H,19,21). The largest absolute Gasteiger partial charge is 0.431 e. The van der Waals surface area contributed by atoms with Crippen molar-refractivity contribution < 1.29 is 9.21 Å². The second-order valence-corrected chi connectivity index (χ2v) is 6.69. The lowest BCUT2D eigenvalue weighted by molar-refractivity contribution is -0.113. The molecule has 0 fully saturated rings. The van der Waals surface area contributed by atoms with Gasteiger partial charge in [-0.15, -0.1) is 0 Å². The number of nitrogens with one attached hydrogen (secondary N) is 1. The van der Waals surface area contributed by atoms with Crippen LogP contribution < -0.4 is 5.32 Å². The second-order valence-electron chi connectivity index (χ2n) is 4.89. The van der Waals surface area contributed by atoms with Gasteiger partial charge in [-0.3, -0.25) is 4.79 Å². The molecule has 0 aliphatic heterocycles. The molecule has 7 heteroatoms. The minimum atomic E-state index is -0.152. The molecule has 3 aromatic rings. The molecule has 118 valence electrons. The maximum Gasteiger partial charge on any atom is 0.257 e. The molecule has 4 nitrogen and oxygen atoms in total. The van der Waals surface area contributed by atoms with E-state index in [2.05, 4.69) is 10.3 Å². The Morgan fingerprint density at radius 3 is 2.78 bits per heavy atom. The van der Waals surface area contributed by atoms with Crippen LogP contribution in [0, 0.1) is 6.92 Å². The van der Waals surface area contributed by atoms with Crippen LogP contribution in [0.25, 0.3) is 11.1 Å². The molecule has 1 heterocycles. The van der Waals surface area contributed by atoms with Crippen molar-refractivity contribution in [1.29, 1.82) is 0 Å². The highest BCUT2D eigenvalue weighted by molar-refractivity contribution is 7.99. The fourth-order valence-corrected chi connectivity index (χ4v) is 2.96. The summed E-state index contributed by atoms with van der Waals surface area (Å²) in [4.78, 5) is 16.3. The van der Waals surface area contributed by atoms with Crippen LogP contribution >= 0.6 is 35.0 Å². The number of hydrogen-bond donors (Lipinski definition) is 1. The zero-order valence-electron chi connectivity index (χ0n) is 12.1. The van der Waals surface area contributed by atoms with Gasteiger partial charge in [-0.2, -0.15) is 0 Å². The first-order chi connectivity index (χ1) is 11.0. The van der Waals surface area contributed by atoms with Crippen LogP contribution in [0.4, 0.5) is 5.69 Å². The van der Waals surface area contributed by atoms with Crippen LogP contribution in [0.15, 0.2) is 46.0 Å². The number of hydrogen-bond acceptors (Lipinski definition) is 4. The summed E-state index contributed by atoms with van der Waals surface area (Å²) in [6.45, 7) is 1.91. The molecule has 3 rings (SSSR count). The Bertz CT molecular complexity index is 880. The van der Waals surface area contributed by atoms with Gasteiger partial charge in [-0.05, 0) is 42.8 Å². The van der Waals surface area contributed by atoms with E-state index >= 15 is 0 Å². The highest BCUT2D eigenvalue weighted by Crippen LogP contribution is 2.26. The van der Waals surface area contributed by atoms with Crippen molar-refractivity contribution in [2.75, 3.05) is 11.1 Å². The van der Waals surface area contributed by atoms with Crippen molar-refractivity contribution in [2.45, 2.75) is 12.1 Å². The molecular weight excluding hydrogens is 355 g/mol. The number of oxazole rings is 1. The number of aromatic nitrogens is 1. The van der Waals surface area contributed by atoms with Gasteiger partial charge in [0.2, 0.25) is 5.91 Å². The fourth-order valence-electron chi connectivity index (χ4n) is 1.98. The minimum Gasteiger partial charge on any atom is -0.431 e. The molecule has 0 radical (unpaired) electrons. The van der Waals surface area contributed by atoms with E-state index in [9.17, 15) is 4.79 Å². The van der Waals surface area contributed by atoms with E-state index in [-0.39, 0.29) is 11.7 Å². The Labute approximate surface area is 147 Å². The number of amides is 1. The van der Waals surface area contributed by atoms with E-state index in [0.717, 1.165) is 5.56 Å². The van der Waals surface area contributed by atoms with Crippen LogP contribution in [-0.4, -0.2) is 16.6 Å². The van der Waals surface area contributed by atoms with Crippen LogP contribution in [0.3, 0.4) is 0 Å². The molecule has 0 unspecified atom stereocenters. The Morgan fingerprint density at radius 2 is 1.96 bits per heavy atom. The highest BCUT2D eigenvalue weighted by atomic mass is 35.5.